The molecule has 9 aromatic carbocycles. The number of fused-ring (bicyclic) bond motifs is 7. The number of anilines is 3. The van der Waals surface area contributed by atoms with Gasteiger partial charge < -0.3 is 4.90 Å². The van der Waals surface area contributed by atoms with Gasteiger partial charge in [-0.25, -0.2) is 0 Å². The van der Waals surface area contributed by atoms with Gasteiger partial charge >= 0.3 is 0 Å². The molecule has 3 heteroatoms. The maximum atomic E-state index is 2.48. The van der Waals surface area contributed by atoms with E-state index in [1.165, 1.54) is 90.2 Å². The number of hydrogen-bond donors (Lipinski definition) is 0. The zero-order chi connectivity index (χ0) is 36.3. The fourth-order valence-electron chi connectivity index (χ4n) is 8.31. The predicted molar refractivity (Wildman–Crippen MR) is 241 cm³/mol. The number of benzene rings is 9. The molecule has 2 heterocycles. The molecule has 0 unspecified atom stereocenters. The average molecular weight is 736 g/mol. The monoisotopic (exact) mass is 735 g/mol. The van der Waals surface area contributed by atoms with Crippen LogP contribution in [0.1, 0.15) is 0 Å². The van der Waals surface area contributed by atoms with Crippen LogP contribution in [0.2, 0.25) is 0 Å². The van der Waals surface area contributed by atoms with E-state index in [0.717, 1.165) is 11.4 Å². The zero-order valence-corrected chi connectivity index (χ0v) is 31.4. The van der Waals surface area contributed by atoms with Crippen molar-refractivity contribution in [1.82, 2.24) is 0 Å². The Bertz CT molecular complexity index is 3200. The highest BCUT2D eigenvalue weighted by Gasteiger charge is 2.21. The molecule has 0 bridgehead atoms. The molecule has 0 spiro atoms. The van der Waals surface area contributed by atoms with Gasteiger partial charge in [-0.05, 0) is 98.8 Å². The Kier molecular flexibility index (Phi) is 7.61. The number of thiophene rings is 2. The molecule has 1 nitrogen and oxygen atoms in total. The predicted octanol–water partition coefficient (Wildman–Crippen LogP) is 16.0. The van der Waals surface area contributed by atoms with Crippen LogP contribution < -0.4 is 4.90 Å². The minimum Gasteiger partial charge on any atom is -0.309 e. The Hall–Kier alpha value is -6.52. The molecule has 0 radical (unpaired) electrons. The zero-order valence-electron chi connectivity index (χ0n) is 29.8. The van der Waals surface area contributed by atoms with E-state index in [2.05, 4.69) is 205 Å². The standard InChI is InChI=1S/C52H33NS2/c1-2-13-34(14-3-1)37-31-38(43-21-12-26-50-51(43)46-19-7-9-25-49(46)54-50)33-40(32-37)53(47-23-11-22-45-44-18-6-8-24-48(44)55-52(45)47)39-29-27-36(28-30-39)42-20-10-16-35-15-4-5-17-41(35)42/h1-33H. The lowest BCUT2D eigenvalue weighted by Gasteiger charge is -2.28. The molecule has 55 heavy (non-hydrogen) atoms. The maximum Gasteiger partial charge on any atom is 0.0640 e. The Morgan fingerprint density at radius 1 is 0.327 bits per heavy atom. The summed E-state index contributed by atoms with van der Waals surface area (Å²) in [5.41, 5.74) is 10.7. The number of rotatable bonds is 6. The van der Waals surface area contributed by atoms with E-state index >= 15 is 0 Å². The van der Waals surface area contributed by atoms with Crippen molar-refractivity contribution >= 4 is 90.9 Å². The molecule has 0 amide bonds. The van der Waals surface area contributed by atoms with Gasteiger partial charge in [-0.3, -0.25) is 0 Å². The lowest BCUT2D eigenvalue weighted by Crippen LogP contribution is -2.10. The Labute approximate surface area is 327 Å². The van der Waals surface area contributed by atoms with Gasteiger partial charge in [-0.2, -0.15) is 0 Å². The molecule has 0 aliphatic carbocycles. The average Bonchev–Trinajstić information content (AvgIpc) is 3.83. The van der Waals surface area contributed by atoms with Crippen molar-refractivity contribution in [2.75, 3.05) is 4.90 Å². The van der Waals surface area contributed by atoms with Gasteiger partial charge in [0.15, 0.2) is 0 Å². The molecule has 0 atom stereocenters. The first-order valence-electron chi connectivity index (χ1n) is 18.7. The summed E-state index contributed by atoms with van der Waals surface area (Å²) in [6, 6.07) is 73.5. The molecule has 2 aromatic heterocycles. The fourth-order valence-corrected chi connectivity index (χ4v) is 10.6. The van der Waals surface area contributed by atoms with Gasteiger partial charge in [0.1, 0.15) is 0 Å². The quantitative estimate of drug-likeness (QED) is 0.164. The van der Waals surface area contributed by atoms with Crippen molar-refractivity contribution in [3.63, 3.8) is 0 Å². The highest BCUT2D eigenvalue weighted by Crippen LogP contribution is 2.48. The molecule has 11 aromatic rings. The second-order valence-electron chi connectivity index (χ2n) is 14.1. The molecule has 258 valence electrons. The maximum absolute atomic E-state index is 2.48. The third-order valence-electron chi connectivity index (χ3n) is 10.8. The molecule has 0 fully saturated rings. The van der Waals surface area contributed by atoms with E-state index in [4.69, 9.17) is 0 Å². The topological polar surface area (TPSA) is 3.24 Å². The summed E-state index contributed by atoms with van der Waals surface area (Å²) in [4.78, 5) is 2.48. The summed E-state index contributed by atoms with van der Waals surface area (Å²) >= 11 is 3.74. The summed E-state index contributed by atoms with van der Waals surface area (Å²) in [6.45, 7) is 0. The van der Waals surface area contributed by atoms with Crippen molar-refractivity contribution in [2.24, 2.45) is 0 Å². The number of hydrogen-bond acceptors (Lipinski definition) is 3. The van der Waals surface area contributed by atoms with Crippen LogP contribution in [0.4, 0.5) is 17.1 Å². The van der Waals surface area contributed by atoms with Gasteiger partial charge in [0, 0.05) is 47.0 Å². The van der Waals surface area contributed by atoms with Crippen LogP contribution in [-0.2, 0) is 0 Å². The Morgan fingerprint density at radius 2 is 0.945 bits per heavy atom. The van der Waals surface area contributed by atoms with E-state index < -0.39 is 0 Å². The highest BCUT2D eigenvalue weighted by molar-refractivity contribution is 7.26. The van der Waals surface area contributed by atoms with E-state index in [1.54, 1.807) is 0 Å². The van der Waals surface area contributed by atoms with Gasteiger partial charge in [0.25, 0.3) is 0 Å². The Morgan fingerprint density at radius 3 is 1.80 bits per heavy atom. The lowest BCUT2D eigenvalue weighted by molar-refractivity contribution is 1.30. The normalized spacial score (nSPS) is 11.6. The third-order valence-corrected chi connectivity index (χ3v) is 13.2. The summed E-state index contributed by atoms with van der Waals surface area (Å²) in [6.07, 6.45) is 0. The van der Waals surface area contributed by atoms with Crippen LogP contribution in [-0.4, -0.2) is 0 Å². The molecule has 0 N–H and O–H groups in total. The van der Waals surface area contributed by atoms with Crippen molar-refractivity contribution in [3.05, 3.63) is 200 Å². The molecule has 0 aliphatic rings. The molecule has 0 aliphatic heterocycles. The van der Waals surface area contributed by atoms with E-state index in [9.17, 15) is 0 Å². The lowest BCUT2D eigenvalue weighted by atomic mass is 9.94. The number of nitrogens with zero attached hydrogens (tertiary/aromatic N) is 1. The molecule has 0 saturated carbocycles. The van der Waals surface area contributed by atoms with E-state index in [1.807, 2.05) is 22.7 Å². The minimum absolute atomic E-state index is 1.12. The van der Waals surface area contributed by atoms with E-state index in [0.29, 0.717) is 0 Å². The molecule has 0 saturated heterocycles. The SMILES string of the molecule is c1ccc(-c2cc(-c3cccc4sc5ccccc5c34)cc(N(c3ccc(-c4cccc5ccccc45)cc3)c3cccc4c3sc3ccccc34)c2)cc1. The van der Waals surface area contributed by atoms with Crippen molar-refractivity contribution in [3.8, 4) is 33.4 Å². The fraction of sp³-hybridized carbons (Fsp3) is 0. The second-order valence-corrected chi connectivity index (χ2v) is 16.2. The van der Waals surface area contributed by atoms with Crippen molar-refractivity contribution in [1.29, 1.82) is 0 Å². The second kappa shape index (κ2) is 13.1. The van der Waals surface area contributed by atoms with Gasteiger partial charge in [-0.15, -0.1) is 22.7 Å². The minimum atomic E-state index is 1.12. The van der Waals surface area contributed by atoms with Crippen molar-refractivity contribution < 1.29 is 0 Å². The first-order valence-corrected chi connectivity index (χ1v) is 20.3. The first-order chi connectivity index (χ1) is 27.3. The third kappa shape index (κ3) is 5.43. The smallest absolute Gasteiger partial charge is 0.0640 e. The highest BCUT2D eigenvalue weighted by atomic mass is 32.1. The van der Waals surface area contributed by atoms with E-state index in [-0.39, 0.29) is 0 Å². The molecular weight excluding hydrogens is 703 g/mol. The molecule has 11 rings (SSSR count). The molecular formula is C52H33NS2. The van der Waals surface area contributed by atoms with Gasteiger partial charge in [0.05, 0.1) is 10.4 Å². The van der Waals surface area contributed by atoms with Crippen LogP contribution in [0.5, 0.6) is 0 Å². The summed E-state index contributed by atoms with van der Waals surface area (Å²) in [5.74, 6) is 0. The van der Waals surface area contributed by atoms with Crippen LogP contribution in [0, 0.1) is 0 Å². The van der Waals surface area contributed by atoms with Crippen LogP contribution in [0.25, 0.3) is 84.5 Å². The summed E-state index contributed by atoms with van der Waals surface area (Å²) in [7, 11) is 0. The van der Waals surface area contributed by atoms with Crippen LogP contribution >= 0.6 is 22.7 Å². The van der Waals surface area contributed by atoms with Gasteiger partial charge in [0.2, 0.25) is 0 Å². The van der Waals surface area contributed by atoms with Gasteiger partial charge in [-0.1, -0.05) is 146 Å². The van der Waals surface area contributed by atoms with Crippen LogP contribution in [0.15, 0.2) is 200 Å². The summed E-state index contributed by atoms with van der Waals surface area (Å²) < 4.78 is 5.19. The van der Waals surface area contributed by atoms with Crippen LogP contribution in [0.3, 0.4) is 0 Å². The largest absolute Gasteiger partial charge is 0.309 e. The summed E-state index contributed by atoms with van der Waals surface area (Å²) in [5, 5.41) is 7.72. The first kappa shape index (κ1) is 32.0. The van der Waals surface area contributed by atoms with Crippen molar-refractivity contribution in [2.45, 2.75) is 0 Å². The Balaban J connectivity index is 1.17.